The fourth-order valence-corrected chi connectivity index (χ4v) is 6.35. The van der Waals surface area contributed by atoms with E-state index in [0.717, 1.165) is 0 Å². The Labute approximate surface area is 203 Å². The number of hydrogen-bond donors (Lipinski definition) is 5. The van der Waals surface area contributed by atoms with Crippen LogP contribution in [-0.2, 0) is 41.1 Å². The summed E-state index contributed by atoms with van der Waals surface area (Å²) in [6.07, 6.45) is 0.573. The van der Waals surface area contributed by atoms with Crippen LogP contribution in [0.1, 0.15) is 18.5 Å². The maximum absolute atomic E-state index is 12.2. The summed E-state index contributed by atoms with van der Waals surface area (Å²) in [4.78, 5) is 55.4. The summed E-state index contributed by atoms with van der Waals surface area (Å²) in [5, 5.41) is 0.299. The number of aromatic nitrogens is 3. The second kappa shape index (κ2) is 11.5. The molecule has 0 spiro atoms. The third kappa shape index (κ3) is 7.97. The van der Waals surface area contributed by atoms with Crippen molar-refractivity contribution in [2.45, 2.75) is 31.8 Å². The Morgan fingerprint density at radius 2 is 1.97 bits per heavy atom. The highest BCUT2D eigenvalue weighted by Gasteiger charge is 2.43. The number of ether oxygens (including phenoxy) is 3. The normalized spacial score (nSPS) is 24.0. The number of H-pyrrole nitrogens is 1. The number of fused-ring (bicyclic) bond motifs is 1. The highest BCUT2D eigenvalue weighted by atomic mass is 31.3. The molecular weight excluding hydrogens is 551 g/mol. The van der Waals surface area contributed by atoms with Gasteiger partial charge in [0.2, 0.25) is 0 Å². The first kappa shape index (κ1) is 29.0. The molecule has 1 aliphatic heterocycles. The van der Waals surface area contributed by atoms with E-state index in [2.05, 4.69) is 25.2 Å². The number of nitrogens with zero attached hydrogens (tertiary/aromatic N) is 2. The Morgan fingerprint density at radius 1 is 1.25 bits per heavy atom. The molecule has 17 nitrogen and oxygen atoms in total. The number of phosphoric ester groups is 1. The Morgan fingerprint density at radius 3 is 2.64 bits per heavy atom. The van der Waals surface area contributed by atoms with Crippen LogP contribution in [0.5, 0.6) is 0 Å². The van der Waals surface area contributed by atoms with Gasteiger partial charge in [-0.25, -0.2) is 18.7 Å². The highest BCUT2D eigenvalue weighted by molar-refractivity contribution is 7.66. The molecule has 3 rings (SSSR count). The van der Waals surface area contributed by atoms with Crippen LogP contribution in [0.2, 0.25) is 0 Å². The molecule has 2 aromatic heterocycles. The van der Waals surface area contributed by atoms with E-state index in [0.29, 0.717) is 16.9 Å². The SMILES string of the molecule is C=CCOCO[C@@H]1C[C@H](n2ccc3c(=O)[nH]c(C)nc32)O[C@@H]1COP(=O)(O)OP(=O)(O)OP(=O)(O)O. The minimum Gasteiger partial charge on any atom is -0.351 e. The maximum Gasteiger partial charge on any atom is 0.490 e. The first-order chi connectivity index (χ1) is 16.7. The molecule has 2 unspecified atom stereocenters. The Bertz CT molecular complexity index is 1290. The third-order valence-electron chi connectivity index (χ3n) is 4.61. The highest BCUT2D eigenvalue weighted by Crippen LogP contribution is 2.66. The number of hydrogen-bond acceptors (Lipinski definition) is 11. The summed E-state index contributed by atoms with van der Waals surface area (Å²) >= 11 is 0. The van der Waals surface area contributed by atoms with E-state index in [9.17, 15) is 28.3 Å². The molecule has 0 saturated carbocycles. The third-order valence-corrected chi connectivity index (χ3v) is 8.41. The second-order valence-electron chi connectivity index (χ2n) is 7.35. The molecule has 5 atom stereocenters. The number of aromatic amines is 1. The van der Waals surface area contributed by atoms with Crippen molar-refractivity contribution in [1.29, 1.82) is 0 Å². The lowest BCUT2D eigenvalue weighted by atomic mass is 10.2. The van der Waals surface area contributed by atoms with Gasteiger partial charge in [0.05, 0.1) is 24.7 Å². The van der Waals surface area contributed by atoms with Crippen molar-refractivity contribution < 1.29 is 60.6 Å². The van der Waals surface area contributed by atoms with Crippen molar-refractivity contribution in [3.8, 4) is 0 Å². The van der Waals surface area contributed by atoms with Crippen molar-refractivity contribution >= 4 is 34.5 Å². The summed E-state index contributed by atoms with van der Waals surface area (Å²) in [5.41, 5.74) is -0.0412. The molecule has 36 heavy (non-hydrogen) atoms. The Balaban J connectivity index is 1.75. The molecule has 0 radical (unpaired) electrons. The van der Waals surface area contributed by atoms with Crippen LogP contribution in [0.15, 0.2) is 29.7 Å². The quantitative estimate of drug-likeness (QED) is 0.0976. The van der Waals surface area contributed by atoms with Gasteiger partial charge >= 0.3 is 23.5 Å². The molecule has 0 aromatic carbocycles. The van der Waals surface area contributed by atoms with Gasteiger partial charge in [-0.1, -0.05) is 6.08 Å². The van der Waals surface area contributed by atoms with Gasteiger partial charge in [0.15, 0.2) is 0 Å². The average Bonchev–Trinajstić information content (AvgIpc) is 3.31. The molecule has 1 fully saturated rings. The first-order valence-electron chi connectivity index (χ1n) is 10.0. The van der Waals surface area contributed by atoms with Crippen molar-refractivity contribution in [3.63, 3.8) is 0 Å². The van der Waals surface area contributed by atoms with Crippen LogP contribution in [0.4, 0.5) is 0 Å². The van der Waals surface area contributed by atoms with Gasteiger partial charge in [-0.3, -0.25) is 9.32 Å². The molecule has 5 N–H and O–H groups in total. The van der Waals surface area contributed by atoms with Gasteiger partial charge in [0.25, 0.3) is 5.56 Å². The molecule has 0 bridgehead atoms. The summed E-state index contributed by atoms with van der Waals surface area (Å²) in [7, 11) is -16.6. The van der Waals surface area contributed by atoms with E-state index < -0.39 is 48.5 Å². The zero-order valence-corrected chi connectivity index (χ0v) is 21.3. The van der Waals surface area contributed by atoms with Gasteiger partial charge in [-0.15, -0.1) is 6.58 Å². The smallest absolute Gasteiger partial charge is 0.351 e. The van der Waals surface area contributed by atoms with Gasteiger partial charge < -0.3 is 43.3 Å². The number of aryl methyl sites for hydroxylation is 1. The summed E-state index contributed by atoms with van der Waals surface area (Å²) in [6, 6.07) is 1.53. The standard InChI is InChI=1S/C16H24N3O14P3/c1-3-6-28-9-29-12-7-14(19-5-4-11-15(19)17-10(2)18-16(11)20)31-13(12)8-30-35(24,25)33-36(26,27)32-34(21,22)23/h3-5,12-14H,1,6-9H2,2H3,(H,24,25)(H,26,27)(H,17,18,20)(H2,21,22,23)/t12-,13-,14-/m1/s1. The zero-order valence-electron chi connectivity index (χ0n) is 18.6. The van der Waals surface area contributed by atoms with Crippen molar-refractivity contribution in [3.05, 3.63) is 41.1 Å². The van der Waals surface area contributed by atoms with E-state index in [4.69, 9.17) is 28.5 Å². The maximum atomic E-state index is 12.2. The molecule has 1 saturated heterocycles. The lowest BCUT2D eigenvalue weighted by molar-refractivity contribution is -0.112. The molecule has 20 heteroatoms. The van der Waals surface area contributed by atoms with E-state index in [-0.39, 0.29) is 25.4 Å². The van der Waals surface area contributed by atoms with E-state index >= 15 is 0 Å². The Kier molecular flexibility index (Phi) is 9.23. The van der Waals surface area contributed by atoms with Gasteiger partial charge in [-0.2, -0.15) is 8.62 Å². The number of phosphoric acid groups is 3. The van der Waals surface area contributed by atoms with Gasteiger partial charge in [-0.05, 0) is 13.0 Å². The topological polar surface area (TPSA) is 238 Å². The Hall–Kier alpha value is -1.55. The minimum absolute atomic E-state index is 0.152. The van der Waals surface area contributed by atoms with Crippen LogP contribution in [0, 0.1) is 6.92 Å². The average molecular weight is 575 g/mol. The monoisotopic (exact) mass is 575 g/mol. The van der Waals surface area contributed by atoms with E-state index in [1.54, 1.807) is 17.7 Å². The van der Waals surface area contributed by atoms with E-state index in [1.807, 2.05) is 0 Å². The van der Waals surface area contributed by atoms with Gasteiger partial charge in [0.1, 0.15) is 30.6 Å². The first-order valence-corrected chi connectivity index (χ1v) is 14.5. The molecule has 0 amide bonds. The van der Waals surface area contributed by atoms with Crippen LogP contribution in [0.25, 0.3) is 11.0 Å². The zero-order chi connectivity index (χ0) is 26.7. The summed E-state index contributed by atoms with van der Waals surface area (Å²) < 4.78 is 64.7. The van der Waals surface area contributed by atoms with Crippen LogP contribution in [-0.4, -0.2) is 66.3 Å². The second-order valence-corrected chi connectivity index (χ2v) is 11.8. The molecular formula is C16H24N3O14P3. The number of rotatable bonds is 13. The lowest BCUT2D eigenvalue weighted by Gasteiger charge is -2.21. The minimum atomic E-state index is -5.67. The predicted octanol–water partition coefficient (Wildman–Crippen LogP) is 1.21. The lowest BCUT2D eigenvalue weighted by Crippen LogP contribution is -2.29. The molecule has 3 heterocycles. The van der Waals surface area contributed by atoms with Crippen molar-refractivity contribution in [2.75, 3.05) is 20.0 Å². The molecule has 2 aromatic rings. The van der Waals surface area contributed by atoms with Gasteiger partial charge in [0, 0.05) is 12.6 Å². The summed E-state index contributed by atoms with van der Waals surface area (Å²) in [5.74, 6) is 0.361. The fraction of sp³-hybridized carbons (Fsp3) is 0.500. The molecule has 1 aliphatic rings. The summed E-state index contributed by atoms with van der Waals surface area (Å²) in [6.45, 7) is 4.35. The van der Waals surface area contributed by atoms with Crippen LogP contribution < -0.4 is 5.56 Å². The molecule has 0 aliphatic carbocycles. The molecule has 202 valence electrons. The predicted molar refractivity (Wildman–Crippen MR) is 119 cm³/mol. The number of nitrogens with one attached hydrogen (secondary N) is 1. The van der Waals surface area contributed by atoms with Crippen LogP contribution in [0.3, 0.4) is 0 Å². The van der Waals surface area contributed by atoms with E-state index in [1.165, 1.54) is 12.1 Å². The largest absolute Gasteiger partial charge is 0.490 e. The van der Waals surface area contributed by atoms with Crippen LogP contribution >= 0.6 is 23.5 Å². The fourth-order valence-electron chi connectivity index (χ4n) is 3.32. The van der Waals surface area contributed by atoms with Crippen molar-refractivity contribution in [1.82, 2.24) is 14.5 Å². The van der Waals surface area contributed by atoms with Crippen molar-refractivity contribution in [2.24, 2.45) is 0 Å².